The Kier molecular flexibility index (Phi) is 8.70. The first-order valence-electron chi connectivity index (χ1n) is 10.6. The van der Waals surface area contributed by atoms with E-state index in [4.69, 9.17) is 17.0 Å². The summed E-state index contributed by atoms with van der Waals surface area (Å²) in [7, 11) is 0. The van der Waals surface area contributed by atoms with E-state index in [-0.39, 0.29) is 22.5 Å². The molecule has 0 aromatic heterocycles. The van der Waals surface area contributed by atoms with Crippen molar-refractivity contribution in [2.45, 2.75) is 26.1 Å². The van der Waals surface area contributed by atoms with Gasteiger partial charge in [0.2, 0.25) is 0 Å². The number of carbonyl (C=O) groups excluding carboxylic acids is 2. The second kappa shape index (κ2) is 11.5. The fourth-order valence-electron chi connectivity index (χ4n) is 3.04. The van der Waals surface area contributed by atoms with E-state index in [1.165, 1.54) is 24.3 Å². The number of anilines is 2. The van der Waals surface area contributed by atoms with Crippen LogP contribution in [0.3, 0.4) is 0 Å². The van der Waals surface area contributed by atoms with Gasteiger partial charge in [-0.05, 0) is 96.6 Å². The third-order valence-corrected chi connectivity index (χ3v) is 5.44. The Morgan fingerprint density at radius 1 is 0.889 bits per heavy atom. The van der Waals surface area contributed by atoms with Crippen LogP contribution in [0.1, 0.15) is 40.1 Å². The number of alkyl halides is 3. The van der Waals surface area contributed by atoms with E-state index in [2.05, 4.69) is 31.9 Å². The smallest absolute Gasteiger partial charge is 0.416 e. The predicted octanol–water partition coefficient (Wildman–Crippen LogP) is 6.63. The molecule has 2 amide bonds. The monoisotopic (exact) mass is 579 g/mol. The molecule has 0 aliphatic rings. The van der Waals surface area contributed by atoms with E-state index in [0.717, 1.165) is 12.1 Å². The molecule has 0 fully saturated rings. The SMILES string of the molecule is CC(C)Oc1ccc(C(=O)NC(=S)Nc2cccc(C(=O)Nc3cccc(C(F)(F)F)c3)c2)cc1Br. The Morgan fingerprint density at radius 3 is 2.17 bits per heavy atom. The van der Waals surface area contributed by atoms with E-state index in [9.17, 15) is 22.8 Å². The van der Waals surface area contributed by atoms with Crippen molar-refractivity contribution in [1.29, 1.82) is 0 Å². The topological polar surface area (TPSA) is 79.5 Å². The van der Waals surface area contributed by atoms with E-state index in [1.807, 2.05) is 13.8 Å². The molecule has 0 radical (unpaired) electrons. The Balaban J connectivity index is 1.63. The van der Waals surface area contributed by atoms with Gasteiger partial charge in [0.15, 0.2) is 5.11 Å². The first-order valence-corrected chi connectivity index (χ1v) is 11.8. The Labute approximate surface area is 219 Å². The zero-order valence-corrected chi connectivity index (χ0v) is 21.5. The summed E-state index contributed by atoms with van der Waals surface area (Å²) in [5.41, 5.74) is 0.0595. The van der Waals surface area contributed by atoms with Crippen LogP contribution >= 0.6 is 28.1 Å². The summed E-state index contributed by atoms with van der Waals surface area (Å²) in [6.07, 6.45) is -4.55. The van der Waals surface area contributed by atoms with Gasteiger partial charge in [-0.25, -0.2) is 0 Å². The molecule has 0 bridgehead atoms. The highest BCUT2D eigenvalue weighted by Crippen LogP contribution is 2.31. The van der Waals surface area contributed by atoms with Crippen molar-refractivity contribution in [3.8, 4) is 5.75 Å². The molecule has 0 atom stereocenters. The van der Waals surface area contributed by atoms with Gasteiger partial charge >= 0.3 is 6.18 Å². The maximum Gasteiger partial charge on any atom is 0.416 e. The molecule has 36 heavy (non-hydrogen) atoms. The van der Waals surface area contributed by atoms with Crippen LogP contribution in [0.25, 0.3) is 0 Å². The Morgan fingerprint density at radius 2 is 1.53 bits per heavy atom. The van der Waals surface area contributed by atoms with Gasteiger partial charge in [-0.3, -0.25) is 14.9 Å². The number of amides is 2. The van der Waals surface area contributed by atoms with Gasteiger partial charge in [-0.15, -0.1) is 0 Å². The first kappa shape index (κ1) is 27.2. The highest BCUT2D eigenvalue weighted by molar-refractivity contribution is 9.10. The number of hydrogen-bond acceptors (Lipinski definition) is 4. The molecule has 6 nitrogen and oxygen atoms in total. The molecule has 3 aromatic rings. The summed E-state index contributed by atoms with van der Waals surface area (Å²) in [4.78, 5) is 25.1. The summed E-state index contributed by atoms with van der Waals surface area (Å²) in [5, 5.41) is 7.81. The van der Waals surface area contributed by atoms with Crippen molar-refractivity contribution in [2.24, 2.45) is 0 Å². The van der Waals surface area contributed by atoms with Gasteiger partial charge in [0, 0.05) is 22.5 Å². The molecule has 3 rings (SSSR count). The number of carbonyl (C=O) groups is 2. The largest absolute Gasteiger partial charge is 0.490 e. The minimum atomic E-state index is -4.52. The van der Waals surface area contributed by atoms with Gasteiger partial charge in [0.25, 0.3) is 11.8 Å². The maximum absolute atomic E-state index is 12.9. The number of nitrogens with one attached hydrogen (secondary N) is 3. The van der Waals surface area contributed by atoms with Crippen LogP contribution in [0, 0.1) is 0 Å². The van der Waals surface area contributed by atoms with Gasteiger partial charge in [0.05, 0.1) is 16.1 Å². The van der Waals surface area contributed by atoms with Crippen LogP contribution in [0.15, 0.2) is 71.2 Å². The maximum atomic E-state index is 12.9. The lowest BCUT2D eigenvalue weighted by molar-refractivity contribution is -0.137. The van der Waals surface area contributed by atoms with Crippen LogP contribution in [-0.2, 0) is 6.18 Å². The average molecular weight is 580 g/mol. The molecular weight excluding hydrogens is 559 g/mol. The van der Waals surface area contributed by atoms with Crippen LogP contribution in [-0.4, -0.2) is 23.0 Å². The molecule has 0 saturated carbocycles. The quantitative estimate of drug-likeness (QED) is 0.285. The summed E-state index contributed by atoms with van der Waals surface area (Å²) < 4.78 is 45.0. The first-order chi connectivity index (χ1) is 16.9. The third kappa shape index (κ3) is 7.53. The highest BCUT2D eigenvalue weighted by atomic mass is 79.9. The van der Waals surface area contributed by atoms with Crippen molar-refractivity contribution in [3.63, 3.8) is 0 Å². The molecule has 3 N–H and O–H groups in total. The molecular formula is C25H21BrF3N3O3S. The number of rotatable bonds is 6. The zero-order chi connectivity index (χ0) is 26.5. The fraction of sp³-hybridized carbons (Fsp3) is 0.160. The van der Waals surface area contributed by atoms with Gasteiger partial charge in [-0.2, -0.15) is 13.2 Å². The van der Waals surface area contributed by atoms with Crippen LogP contribution in [0.4, 0.5) is 24.5 Å². The molecule has 0 aliphatic carbocycles. The van der Waals surface area contributed by atoms with Crippen molar-refractivity contribution in [3.05, 3.63) is 87.9 Å². The van der Waals surface area contributed by atoms with Crippen LogP contribution in [0.5, 0.6) is 5.75 Å². The zero-order valence-electron chi connectivity index (χ0n) is 19.1. The number of hydrogen-bond donors (Lipinski definition) is 3. The minimum Gasteiger partial charge on any atom is -0.490 e. The molecule has 0 saturated heterocycles. The molecule has 0 spiro atoms. The average Bonchev–Trinajstić information content (AvgIpc) is 2.79. The highest BCUT2D eigenvalue weighted by Gasteiger charge is 2.30. The fourth-order valence-corrected chi connectivity index (χ4v) is 3.73. The summed E-state index contributed by atoms with van der Waals surface area (Å²) in [5.74, 6) is -0.466. The summed E-state index contributed by atoms with van der Waals surface area (Å²) in [6.45, 7) is 3.78. The van der Waals surface area contributed by atoms with E-state index in [0.29, 0.717) is 21.5 Å². The summed E-state index contributed by atoms with van der Waals surface area (Å²) >= 11 is 8.58. The molecule has 188 valence electrons. The van der Waals surface area contributed by atoms with E-state index in [1.54, 1.807) is 30.3 Å². The van der Waals surface area contributed by atoms with Gasteiger partial charge < -0.3 is 15.4 Å². The summed E-state index contributed by atoms with van der Waals surface area (Å²) in [6, 6.07) is 15.3. The predicted molar refractivity (Wildman–Crippen MR) is 139 cm³/mol. The number of thiocarbonyl (C=S) groups is 1. The number of ether oxygens (including phenoxy) is 1. The van der Waals surface area contributed by atoms with Crippen LogP contribution < -0.4 is 20.7 Å². The van der Waals surface area contributed by atoms with Gasteiger partial charge in [-0.1, -0.05) is 12.1 Å². The van der Waals surface area contributed by atoms with Gasteiger partial charge in [0.1, 0.15) is 5.75 Å². The second-order valence-corrected chi connectivity index (χ2v) is 9.10. The van der Waals surface area contributed by atoms with Crippen LogP contribution in [0.2, 0.25) is 0 Å². The van der Waals surface area contributed by atoms with Crippen molar-refractivity contribution >= 4 is 56.4 Å². The standard InChI is InChI=1S/C25H21BrF3N3O3S/c1-14(2)35-21-10-9-16(12-20(21)26)23(34)32-24(36)31-18-7-3-5-15(11-18)22(33)30-19-8-4-6-17(13-19)25(27,28)29/h3-14H,1-2H3,(H,30,33)(H2,31,32,34,36). The van der Waals surface area contributed by atoms with Crippen molar-refractivity contribution in [2.75, 3.05) is 10.6 Å². The number of halogens is 4. The third-order valence-electron chi connectivity index (χ3n) is 4.61. The molecule has 3 aromatic carbocycles. The minimum absolute atomic E-state index is 0.00549. The van der Waals surface area contributed by atoms with E-state index < -0.39 is 23.6 Å². The molecule has 0 aliphatic heterocycles. The Bertz CT molecular complexity index is 1300. The lowest BCUT2D eigenvalue weighted by Gasteiger charge is -2.13. The molecule has 0 unspecified atom stereocenters. The normalized spacial score (nSPS) is 11.1. The lowest BCUT2D eigenvalue weighted by Crippen LogP contribution is -2.34. The number of benzene rings is 3. The second-order valence-electron chi connectivity index (χ2n) is 7.83. The molecule has 0 heterocycles. The van der Waals surface area contributed by atoms with Crippen molar-refractivity contribution < 1.29 is 27.5 Å². The van der Waals surface area contributed by atoms with E-state index >= 15 is 0 Å². The molecule has 11 heteroatoms. The Hall–Kier alpha value is -3.44. The van der Waals surface area contributed by atoms with Crippen molar-refractivity contribution in [1.82, 2.24) is 5.32 Å². The lowest BCUT2D eigenvalue weighted by atomic mass is 10.1.